The van der Waals surface area contributed by atoms with E-state index >= 15 is 0 Å². The Morgan fingerprint density at radius 2 is 1.71 bits per heavy atom. The molecule has 1 heterocycles. The number of carboxylic acids is 1. The fraction of sp³-hybridized carbons (Fsp3) is 0.750. The fourth-order valence-corrected chi connectivity index (χ4v) is 1.34. The van der Waals surface area contributed by atoms with E-state index in [9.17, 15) is 9.59 Å². The van der Waals surface area contributed by atoms with Crippen molar-refractivity contribution in [1.82, 2.24) is 9.91 Å². The van der Waals surface area contributed by atoms with Gasteiger partial charge in [0.05, 0.1) is 6.42 Å². The average Bonchev–Trinajstić information content (AvgIpc) is 2.15. The van der Waals surface area contributed by atoms with E-state index in [1.54, 1.807) is 9.91 Å². The second-order valence-corrected chi connectivity index (χ2v) is 3.31. The lowest BCUT2D eigenvalue weighted by atomic mass is 10.2. The van der Waals surface area contributed by atoms with Crippen molar-refractivity contribution in [2.45, 2.75) is 12.8 Å². The van der Waals surface area contributed by atoms with Gasteiger partial charge in [-0.3, -0.25) is 15.4 Å². The Kier molecular flexibility index (Phi) is 3.84. The summed E-state index contributed by atoms with van der Waals surface area (Å²) in [6.45, 7) is 2.49. The van der Waals surface area contributed by atoms with Crippen molar-refractivity contribution in [3.63, 3.8) is 0 Å². The highest BCUT2D eigenvalue weighted by molar-refractivity contribution is 5.80. The van der Waals surface area contributed by atoms with Crippen molar-refractivity contribution < 1.29 is 14.7 Å². The van der Waals surface area contributed by atoms with Gasteiger partial charge in [0.1, 0.15) is 0 Å². The van der Waals surface area contributed by atoms with Crippen LogP contribution in [0.2, 0.25) is 0 Å². The van der Waals surface area contributed by atoms with Gasteiger partial charge in [-0.1, -0.05) is 0 Å². The van der Waals surface area contributed by atoms with Crippen LogP contribution in [0.1, 0.15) is 12.8 Å². The summed E-state index contributed by atoms with van der Waals surface area (Å²) in [5, 5.41) is 10.1. The number of hydrogen-bond donors (Lipinski definition) is 2. The monoisotopic (exact) mass is 201 g/mol. The van der Waals surface area contributed by atoms with E-state index in [1.807, 2.05) is 0 Å². The van der Waals surface area contributed by atoms with Crippen LogP contribution in [-0.2, 0) is 9.59 Å². The summed E-state index contributed by atoms with van der Waals surface area (Å²) >= 11 is 0. The van der Waals surface area contributed by atoms with Crippen LogP contribution in [0.4, 0.5) is 0 Å². The van der Waals surface area contributed by atoms with Gasteiger partial charge in [-0.05, 0) is 0 Å². The zero-order valence-electron chi connectivity index (χ0n) is 7.98. The molecule has 6 nitrogen and oxygen atoms in total. The van der Waals surface area contributed by atoms with E-state index in [1.165, 1.54) is 0 Å². The molecule has 6 heteroatoms. The minimum absolute atomic E-state index is 0.0832. The van der Waals surface area contributed by atoms with Crippen molar-refractivity contribution in [3.8, 4) is 0 Å². The molecule has 0 unspecified atom stereocenters. The number of piperazine rings is 1. The summed E-state index contributed by atoms with van der Waals surface area (Å²) < 4.78 is 0. The second-order valence-electron chi connectivity index (χ2n) is 3.31. The van der Waals surface area contributed by atoms with Crippen molar-refractivity contribution >= 4 is 11.9 Å². The van der Waals surface area contributed by atoms with Crippen LogP contribution in [0.5, 0.6) is 0 Å². The fourth-order valence-electron chi connectivity index (χ4n) is 1.34. The molecule has 1 aliphatic rings. The maximum atomic E-state index is 11.4. The number of carboxylic acid groups (broad SMARTS) is 1. The van der Waals surface area contributed by atoms with Gasteiger partial charge in [0.15, 0.2) is 0 Å². The molecule has 0 spiro atoms. The molecule has 3 N–H and O–H groups in total. The topological polar surface area (TPSA) is 86.9 Å². The maximum Gasteiger partial charge on any atom is 0.303 e. The number of nitrogens with two attached hydrogens (primary N) is 1. The smallest absolute Gasteiger partial charge is 0.303 e. The number of hydrazine groups is 1. The van der Waals surface area contributed by atoms with Crippen LogP contribution >= 0.6 is 0 Å². The SMILES string of the molecule is NN1CCN(C(=O)CCC(=O)O)CC1. The largest absolute Gasteiger partial charge is 0.481 e. The van der Waals surface area contributed by atoms with E-state index in [0.717, 1.165) is 0 Å². The van der Waals surface area contributed by atoms with Gasteiger partial charge in [0.2, 0.25) is 5.91 Å². The third-order valence-electron chi connectivity index (χ3n) is 2.22. The third-order valence-corrected chi connectivity index (χ3v) is 2.22. The molecule has 1 amide bonds. The summed E-state index contributed by atoms with van der Waals surface area (Å²) in [6, 6.07) is 0. The highest BCUT2D eigenvalue weighted by Gasteiger charge is 2.19. The Morgan fingerprint density at radius 1 is 1.14 bits per heavy atom. The first-order valence-corrected chi connectivity index (χ1v) is 4.59. The lowest BCUT2D eigenvalue weighted by molar-refractivity contribution is -0.141. The summed E-state index contributed by atoms with van der Waals surface area (Å²) in [5.41, 5.74) is 0. The molecule has 0 bridgehead atoms. The zero-order chi connectivity index (χ0) is 10.6. The molecule has 14 heavy (non-hydrogen) atoms. The van der Waals surface area contributed by atoms with Crippen LogP contribution in [0, 0.1) is 0 Å². The van der Waals surface area contributed by atoms with Crippen LogP contribution in [0.25, 0.3) is 0 Å². The van der Waals surface area contributed by atoms with Gasteiger partial charge in [0.25, 0.3) is 0 Å². The standard InChI is InChI=1S/C8H15N3O3/c9-11-5-3-10(4-6-11)7(12)1-2-8(13)14/h1-6,9H2,(H,13,14). The number of rotatable bonds is 3. The lowest BCUT2D eigenvalue weighted by Gasteiger charge is -2.31. The van der Waals surface area contributed by atoms with E-state index in [4.69, 9.17) is 10.9 Å². The molecule has 0 aromatic rings. The Bertz CT molecular complexity index is 224. The van der Waals surface area contributed by atoms with Crippen LogP contribution in [0.3, 0.4) is 0 Å². The predicted octanol–water partition coefficient (Wildman–Crippen LogP) is -1.13. The summed E-state index contributed by atoms with van der Waals surface area (Å²) in [4.78, 5) is 23.3. The van der Waals surface area contributed by atoms with Gasteiger partial charge in [0, 0.05) is 32.6 Å². The summed E-state index contributed by atoms with van der Waals surface area (Å²) in [6.07, 6.45) is -0.0123. The van der Waals surface area contributed by atoms with Gasteiger partial charge >= 0.3 is 5.97 Å². The Labute approximate surface area is 82.2 Å². The molecule has 1 fully saturated rings. The first-order chi connectivity index (χ1) is 6.59. The minimum Gasteiger partial charge on any atom is -0.481 e. The average molecular weight is 201 g/mol. The Hall–Kier alpha value is -1.14. The number of carbonyl (C=O) groups excluding carboxylic acids is 1. The van der Waals surface area contributed by atoms with Crippen molar-refractivity contribution in [2.24, 2.45) is 5.84 Å². The number of nitrogens with zero attached hydrogens (tertiary/aromatic N) is 2. The second kappa shape index (κ2) is 4.92. The molecule has 0 aromatic carbocycles. The van der Waals surface area contributed by atoms with E-state index in [-0.39, 0.29) is 18.7 Å². The molecule has 1 saturated heterocycles. The van der Waals surface area contributed by atoms with Gasteiger partial charge in [-0.15, -0.1) is 0 Å². The number of carbonyl (C=O) groups is 2. The minimum atomic E-state index is -0.934. The van der Waals surface area contributed by atoms with Crippen molar-refractivity contribution in [1.29, 1.82) is 0 Å². The number of hydrogen-bond acceptors (Lipinski definition) is 4. The molecular weight excluding hydrogens is 186 g/mol. The van der Waals surface area contributed by atoms with Crippen LogP contribution < -0.4 is 5.84 Å². The third kappa shape index (κ3) is 3.31. The first kappa shape index (κ1) is 10.9. The van der Waals surface area contributed by atoms with Gasteiger partial charge < -0.3 is 10.0 Å². The Morgan fingerprint density at radius 3 is 2.21 bits per heavy atom. The van der Waals surface area contributed by atoms with Crippen LogP contribution in [0.15, 0.2) is 0 Å². The van der Waals surface area contributed by atoms with E-state index < -0.39 is 5.97 Å². The quantitative estimate of drug-likeness (QED) is 0.564. The molecule has 1 aliphatic heterocycles. The molecule has 0 saturated carbocycles. The molecule has 0 atom stereocenters. The van der Waals surface area contributed by atoms with Gasteiger partial charge in [-0.2, -0.15) is 0 Å². The highest BCUT2D eigenvalue weighted by Crippen LogP contribution is 2.02. The van der Waals surface area contributed by atoms with E-state index in [2.05, 4.69) is 0 Å². The number of amides is 1. The zero-order valence-corrected chi connectivity index (χ0v) is 7.98. The van der Waals surface area contributed by atoms with Crippen LogP contribution in [-0.4, -0.2) is 53.1 Å². The molecule has 80 valence electrons. The molecule has 0 aromatic heterocycles. The maximum absolute atomic E-state index is 11.4. The predicted molar refractivity (Wildman–Crippen MR) is 49.2 cm³/mol. The Balaban J connectivity index is 2.27. The normalized spacial score (nSPS) is 18.2. The first-order valence-electron chi connectivity index (χ1n) is 4.59. The van der Waals surface area contributed by atoms with Gasteiger partial charge in [-0.25, -0.2) is 5.01 Å². The summed E-state index contributed by atoms with van der Waals surface area (Å²) in [5.74, 6) is 4.49. The molecule has 1 rings (SSSR count). The van der Waals surface area contributed by atoms with Crippen molar-refractivity contribution in [2.75, 3.05) is 26.2 Å². The molecule has 0 radical (unpaired) electrons. The van der Waals surface area contributed by atoms with E-state index in [0.29, 0.717) is 26.2 Å². The molecule has 0 aliphatic carbocycles. The molecular formula is C8H15N3O3. The van der Waals surface area contributed by atoms with Crippen molar-refractivity contribution in [3.05, 3.63) is 0 Å². The number of aliphatic carboxylic acids is 1. The summed E-state index contributed by atoms with van der Waals surface area (Å²) in [7, 11) is 0. The lowest BCUT2D eigenvalue weighted by Crippen LogP contribution is -2.51. The highest BCUT2D eigenvalue weighted by atomic mass is 16.4.